The van der Waals surface area contributed by atoms with Crippen LogP contribution >= 0.6 is 0 Å². The second kappa shape index (κ2) is 14.1. The Morgan fingerprint density at radius 2 is 1.68 bits per heavy atom. The predicted molar refractivity (Wildman–Crippen MR) is 114 cm³/mol. The fraction of sp³-hybridized carbons (Fsp3) is 0.762. The van der Waals surface area contributed by atoms with E-state index in [0.717, 1.165) is 7.11 Å². The van der Waals surface area contributed by atoms with Crippen LogP contribution in [0.4, 0.5) is 0 Å². The molecule has 5 atom stereocenters. The highest BCUT2D eigenvalue weighted by molar-refractivity contribution is 5.89. The minimum Gasteiger partial charge on any atom is -0.464 e. The van der Waals surface area contributed by atoms with E-state index in [0.29, 0.717) is 12.8 Å². The van der Waals surface area contributed by atoms with Crippen molar-refractivity contribution in [1.29, 1.82) is 0 Å². The molecular weight excluding hydrogens is 408 g/mol. The standard InChI is InChI=1S/C21H38N2O8/c1-7-8-15(25)31-12-11-22-19(28)13(2)23-20(29)18(30-6)17(27)16(26)14(24)9-10-21(3,4)5/h9-10,13-14,16-18,24,26-27H,7-8,11-12H2,1-6H3,(H,22,28)(H,23,29)/t13-,14+,16-,17+,18+/m0/s1. The van der Waals surface area contributed by atoms with Gasteiger partial charge in [-0.2, -0.15) is 0 Å². The third kappa shape index (κ3) is 11.8. The number of methoxy groups -OCH3 is 1. The number of allylic oxidation sites excluding steroid dienone is 1. The van der Waals surface area contributed by atoms with Gasteiger partial charge in [-0.15, -0.1) is 0 Å². The number of hydrogen-bond acceptors (Lipinski definition) is 8. The average molecular weight is 447 g/mol. The monoisotopic (exact) mass is 446 g/mol. The molecule has 10 heteroatoms. The number of carbonyl (C=O) groups excluding carboxylic acids is 3. The maximum Gasteiger partial charge on any atom is 0.305 e. The zero-order chi connectivity index (χ0) is 24.2. The zero-order valence-corrected chi connectivity index (χ0v) is 19.3. The molecule has 31 heavy (non-hydrogen) atoms. The van der Waals surface area contributed by atoms with Gasteiger partial charge in [0.05, 0.1) is 6.54 Å². The Balaban J connectivity index is 4.70. The molecule has 2 amide bonds. The maximum absolute atomic E-state index is 12.4. The van der Waals surface area contributed by atoms with Crippen LogP contribution in [0.15, 0.2) is 12.2 Å². The Morgan fingerprint density at radius 3 is 2.19 bits per heavy atom. The molecule has 0 spiro atoms. The second-order valence-corrected chi connectivity index (χ2v) is 8.34. The van der Waals surface area contributed by atoms with E-state index < -0.39 is 42.3 Å². The van der Waals surface area contributed by atoms with Crippen LogP contribution < -0.4 is 10.6 Å². The highest BCUT2D eigenvalue weighted by Gasteiger charge is 2.36. The zero-order valence-electron chi connectivity index (χ0n) is 19.3. The molecule has 180 valence electrons. The molecule has 0 aliphatic heterocycles. The van der Waals surface area contributed by atoms with Crippen LogP contribution in [-0.2, 0) is 23.9 Å². The molecule has 0 saturated heterocycles. The van der Waals surface area contributed by atoms with E-state index in [4.69, 9.17) is 9.47 Å². The van der Waals surface area contributed by atoms with Crippen molar-refractivity contribution in [2.24, 2.45) is 5.41 Å². The number of aliphatic hydroxyl groups is 3. The van der Waals surface area contributed by atoms with E-state index in [1.54, 1.807) is 6.08 Å². The van der Waals surface area contributed by atoms with Gasteiger partial charge in [-0.05, 0) is 18.8 Å². The Bertz CT molecular complexity index is 603. The van der Waals surface area contributed by atoms with Crippen molar-refractivity contribution in [3.8, 4) is 0 Å². The summed E-state index contributed by atoms with van der Waals surface area (Å²) in [5, 5.41) is 35.4. The summed E-state index contributed by atoms with van der Waals surface area (Å²) in [6.07, 6.45) is -2.39. The van der Waals surface area contributed by atoms with Crippen LogP contribution in [0.5, 0.6) is 0 Å². The first-order chi connectivity index (χ1) is 14.3. The second-order valence-electron chi connectivity index (χ2n) is 8.34. The van der Waals surface area contributed by atoms with Gasteiger partial charge in [0.2, 0.25) is 5.91 Å². The quantitative estimate of drug-likeness (QED) is 0.146. The van der Waals surface area contributed by atoms with Crippen LogP contribution in [0.25, 0.3) is 0 Å². The summed E-state index contributed by atoms with van der Waals surface area (Å²) < 4.78 is 9.89. The summed E-state index contributed by atoms with van der Waals surface area (Å²) >= 11 is 0. The Kier molecular flexibility index (Phi) is 13.2. The molecule has 0 radical (unpaired) electrons. The van der Waals surface area contributed by atoms with E-state index in [1.807, 2.05) is 27.7 Å². The highest BCUT2D eigenvalue weighted by atomic mass is 16.5. The lowest BCUT2D eigenvalue weighted by molar-refractivity contribution is -0.150. The first kappa shape index (κ1) is 29.0. The lowest BCUT2D eigenvalue weighted by atomic mass is 9.94. The smallest absolute Gasteiger partial charge is 0.305 e. The summed E-state index contributed by atoms with van der Waals surface area (Å²) in [6, 6.07) is -0.980. The van der Waals surface area contributed by atoms with Crippen LogP contribution in [0.2, 0.25) is 0 Å². The number of carbonyl (C=O) groups is 3. The first-order valence-electron chi connectivity index (χ1n) is 10.3. The topological polar surface area (TPSA) is 154 Å². The number of ether oxygens (including phenoxy) is 2. The molecule has 0 fully saturated rings. The number of nitrogens with one attached hydrogen (secondary N) is 2. The van der Waals surface area contributed by atoms with Crippen molar-refractivity contribution < 1.29 is 39.2 Å². The summed E-state index contributed by atoms with van der Waals surface area (Å²) in [5.41, 5.74) is -0.249. The van der Waals surface area contributed by atoms with Gasteiger partial charge >= 0.3 is 5.97 Å². The molecule has 5 N–H and O–H groups in total. The third-order valence-electron chi connectivity index (χ3n) is 4.19. The average Bonchev–Trinajstić information content (AvgIpc) is 2.68. The molecule has 0 aliphatic carbocycles. The third-order valence-corrected chi connectivity index (χ3v) is 4.19. The Morgan fingerprint density at radius 1 is 1.06 bits per heavy atom. The van der Waals surface area contributed by atoms with Crippen LogP contribution in [0.1, 0.15) is 47.5 Å². The molecule has 0 unspecified atom stereocenters. The molecule has 10 nitrogen and oxygen atoms in total. The molecule has 0 aliphatic rings. The van der Waals surface area contributed by atoms with E-state index in [2.05, 4.69) is 10.6 Å². The van der Waals surface area contributed by atoms with Gasteiger partial charge in [-0.1, -0.05) is 39.8 Å². The molecule has 0 saturated carbocycles. The predicted octanol–water partition coefficient (Wildman–Crippen LogP) is -0.349. The van der Waals surface area contributed by atoms with Gasteiger partial charge in [-0.3, -0.25) is 14.4 Å². The minimum atomic E-state index is -1.74. The van der Waals surface area contributed by atoms with E-state index in [-0.39, 0.29) is 24.5 Å². The van der Waals surface area contributed by atoms with Crippen LogP contribution in [-0.4, -0.2) is 83.8 Å². The normalized spacial score (nSPS) is 16.8. The lowest BCUT2D eigenvalue weighted by Gasteiger charge is -2.28. The van der Waals surface area contributed by atoms with Gasteiger partial charge in [-0.25, -0.2) is 0 Å². The van der Waals surface area contributed by atoms with Crippen molar-refractivity contribution >= 4 is 17.8 Å². The number of esters is 1. The van der Waals surface area contributed by atoms with Crippen molar-refractivity contribution in [2.75, 3.05) is 20.3 Å². The van der Waals surface area contributed by atoms with Crippen LogP contribution in [0.3, 0.4) is 0 Å². The van der Waals surface area contributed by atoms with Crippen molar-refractivity contribution in [2.45, 2.75) is 77.9 Å². The van der Waals surface area contributed by atoms with Gasteiger partial charge in [0.15, 0.2) is 6.10 Å². The Labute approximate surface area is 184 Å². The summed E-state index contributed by atoms with van der Waals surface area (Å²) in [4.78, 5) is 35.8. The lowest BCUT2D eigenvalue weighted by Crippen LogP contribution is -2.55. The number of rotatable bonds is 13. The molecule has 0 rings (SSSR count). The van der Waals surface area contributed by atoms with E-state index in [9.17, 15) is 29.7 Å². The van der Waals surface area contributed by atoms with Crippen molar-refractivity contribution in [3.05, 3.63) is 12.2 Å². The first-order valence-corrected chi connectivity index (χ1v) is 10.3. The van der Waals surface area contributed by atoms with Crippen LogP contribution in [0, 0.1) is 5.41 Å². The molecule has 0 bridgehead atoms. The van der Waals surface area contributed by atoms with Gasteiger partial charge in [0, 0.05) is 13.5 Å². The van der Waals surface area contributed by atoms with Crippen molar-refractivity contribution in [1.82, 2.24) is 10.6 Å². The molecule has 0 aromatic heterocycles. The number of amides is 2. The summed E-state index contributed by atoms with van der Waals surface area (Å²) in [6.45, 7) is 9.05. The fourth-order valence-corrected chi connectivity index (χ4v) is 2.41. The summed E-state index contributed by atoms with van der Waals surface area (Å²) in [5.74, 6) is -1.72. The SMILES string of the molecule is CCCC(=O)OCCNC(=O)[C@H](C)NC(=O)[C@H](OC)[C@H](O)[C@@H](O)[C@H](O)C=CC(C)(C)C. The summed E-state index contributed by atoms with van der Waals surface area (Å²) in [7, 11) is 1.16. The van der Waals surface area contributed by atoms with Gasteiger partial charge in [0.25, 0.3) is 5.91 Å². The van der Waals surface area contributed by atoms with Gasteiger partial charge < -0.3 is 35.4 Å². The molecule has 0 aromatic carbocycles. The molecule has 0 aromatic rings. The fourth-order valence-electron chi connectivity index (χ4n) is 2.41. The van der Waals surface area contributed by atoms with E-state index >= 15 is 0 Å². The van der Waals surface area contributed by atoms with E-state index in [1.165, 1.54) is 13.0 Å². The molecular formula is C21H38N2O8. The Hall–Kier alpha value is -2.01. The largest absolute Gasteiger partial charge is 0.464 e. The number of aliphatic hydroxyl groups excluding tert-OH is 3. The van der Waals surface area contributed by atoms with Crippen molar-refractivity contribution in [3.63, 3.8) is 0 Å². The number of hydrogen-bond donors (Lipinski definition) is 5. The molecule has 0 heterocycles. The maximum atomic E-state index is 12.4. The van der Waals surface area contributed by atoms with Gasteiger partial charge in [0.1, 0.15) is 31.0 Å². The highest BCUT2D eigenvalue weighted by Crippen LogP contribution is 2.17. The minimum absolute atomic E-state index is 0.0107.